The van der Waals surface area contributed by atoms with Crippen molar-refractivity contribution >= 4 is 5.78 Å². The maximum atomic E-state index is 12.1. The molecule has 100 valence electrons. The van der Waals surface area contributed by atoms with Crippen LogP contribution in [0.1, 0.15) is 44.5 Å². The highest BCUT2D eigenvalue weighted by atomic mass is 16.5. The molecule has 1 unspecified atom stereocenters. The normalized spacial score (nSPS) is 12.5. The van der Waals surface area contributed by atoms with Gasteiger partial charge in [0.25, 0.3) is 0 Å². The lowest BCUT2D eigenvalue weighted by molar-refractivity contribution is 0.0951. The molecule has 1 aromatic rings. The van der Waals surface area contributed by atoms with Crippen LogP contribution in [-0.2, 0) is 0 Å². The Morgan fingerprint density at radius 1 is 1.22 bits per heavy atom. The third kappa shape index (κ3) is 4.49. The van der Waals surface area contributed by atoms with Crippen LogP contribution >= 0.6 is 0 Å². The van der Waals surface area contributed by atoms with Gasteiger partial charge in [-0.2, -0.15) is 0 Å². The number of benzene rings is 1. The topological polar surface area (TPSA) is 38.3 Å². The molecule has 3 heteroatoms. The van der Waals surface area contributed by atoms with Crippen LogP contribution in [0.5, 0.6) is 5.75 Å². The molecule has 18 heavy (non-hydrogen) atoms. The lowest BCUT2D eigenvalue weighted by atomic mass is 10.1. The molecule has 3 nitrogen and oxygen atoms in total. The van der Waals surface area contributed by atoms with Crippen molar-refractivity contribution in [3.8, 4) is 5.75 Å². The van der Waals surface area contributed by atoms with Crippen LogP contribution in [0, 0.1) is 0 Å². The van der Waals surface area contributed by atoms with Gasteiger partial charge in [-0.05, 0) is 58.0 Å². The molecule has 0 saturated heterocycles. The zero-order valence-corrected chi connectivity index (χ0v) is 11.7. The summed E-state index contributed by atoms with van der Waals surface area (Å²) in [5, 5.41) is 3.20. The van der Waals surface area contributed by atoms with Crippen molar-refractivity contribution in [3.63, 3.8) is 0 Å². The van der Waals surface area contributed by atoms with Crippen molar-refractivity contribution in [2.45, 2.75) is 46.3 Å². The third-order valence-corrected chi connectivity index (χ3v) is 2.60. The van der Waals surface area contributed by atoms with Gasteiger partial charge in [-0.3, -0.25) is 4.79 Å². The first-order valence-corrected chi connectivity index (χ1v) is 6.59. The maximum Gasteiger partial charge on any atom is 0.179 e. The van der Waals surface area contributed by atoms with E-state index in [2.05, 4.69) is 12.2 Å². The van der Waals surface area contributed by atoms with Crippen LogP contribution in [0.2, 0.25) is 0 Å². The van der Waals surface area contributed by atoms with Gasteiger partial charge in [0.1, 0.15) is 5.75 Å². The van der Waals surface area contributed by atoms with Crippen molar-refractivity contribution in [3.05, 3.63) is 29.8 Å². The van der Waals surface area contributed by atoms with Crippen molar-refractivity contribution in [1.82, 2.24) is 5.32 Å². The summed E-state index contributed by atoms with van der Waals surface area (Å²) in [6.07, 6.45) is 1.18. The summed E-state index contributed by atoms with van der Waals surface area (Å²) < 4.78 is 5.55. The van der Waals surface area contributed by atoms with Crippen LogP contribution in [0.4, 0.5) is 0 Å². The Labute approximate surface area is 110 Å². The quantitative estimate of drug-likeness (QED) is 0.755. The molecule has 0 saturated carbocycles. The minimum atomic E-state index is -0.137. The van der Waals surface area contributed by atoms with Crippen LogP contribution in [0.3, 0.4) is 0 Å². The highest BCUT2D eigenvalue weighted by molar-refractivity contribution is 5.99. The van der Waals surface area contributed by atoms with E-state index in [9.17, 15) is 4.79 Å². The molecule has 0 amide bonds. The number of nitrogens with one attached hydrogen (secondary N) is 1. The van der Waals surface area contributed by atoms with Gasteiger partial charge in [-0.25, -0.2) is 0 Å². The second-order valence-electron chi connectivity index (χ2n) is 4.73. The zero-order chi connectivity index (χ0) is 13.5. The van der Waals surface area contributed by atoms with E-state index in [1.54, 1.807) is 0 Å². The molecule has 0 spiro atoms. The lowest BCUT2D eigenvalue weighted by Crippen LogP contribution is -2.34. The summed E-state index contributed by atoms with van der Waals surface area (Å²) in [4.78, 5) is 12.1. The predicted octanol–water partition coefficient (Wildman–Crippen LogP) is 3.04. The summed E-state index contributed by atoms with van der Waals surface area (Å²) in [6.45, 7) is 8.81. The van der Waals surface area contributed by atoms with Gasteiger partial charge in [0.2, 0.25) is 0 Å². The molecule has 0 aromatic heterocycles. The van der Waals surface area contributed by atoms with E-state index >= 15 is 0 Å². The fraction of sp³-hybridized carbons (Fsp3) is 0.533. The van der Waals surface area contributed by atoms with Gasteiger partial charge in [0.15, 0.2) is 5.78 Å². The number of hydrogen-bond donors (Lipinski definition) is 1. The standard InChI is InChI=1S/C15H23NO2/c1-5-10-16-12(4)15(17)13-6-8-14(9-7-13)18-11(2)3/h6-9,11-12,16H,5,10H2,1-4H3. The van der Waals surface area contributed by atoms with Crippen molar-refractivity contribution in [2.24, 2.45) is 0 Å². The SMILES string of the molecule is CCCNC(C)C(=O)c1ccc(OC(C)C)cc1. The summed E-state index contributed by atoms with van der Waals surface area (Å²) in [6, 6.07) is 7.20. The van der Waals surface area contributed by atoms with Gasteiger partial charge in [0, 0.05) is 5.56 Å². The molecule has 1 rings (SSSR count). The van der Waals surface area contributed by atoms with E-state index in [0.29, 0.717) is 0 Å². The van der Waals surface area contributed by atoms with Crippen LogP contribution < -0.4 is 10.1 Å². The van der Waals surface area contributed by atoms with E-state index in [4.69, 9.17) is 4.74 Å². The molecule has 0 radical (unpaired) electrons. The van der Waals surface area contributed by atoms with E-state index in [-0.39, 0.29) is 17.9 Å². The fourth-order valence-corrected chi connectivity index (χ4v) is 1.67. The van der Waals surface area contributed by atoms with Crippen LogP contribution in [0.25, 0.3) is 0 Å². The largest absolute Gasteiger partial charge is 0.491 e. The Morgan fingerprint density at radius 3 is 2.33 bits per heavy atom. The van der Waals surface area contributed by atoms with E-state index in [0.717, 1.165) is 24.3 Å². The number of ketones is 1. The predicted molar refractivity (Wildman–Crippen MR) is 74.3 cm³/mol. The van der Waals surface area contributed by atoms with E-state index in [1.165, 1.54) is 0 Å². The van der Waals surface area contributed by atoms with Crippen molar-refractivity contribution in [2.75, 3.05) is 6.54 Å². The zero-order valence-electron chi connectivity index (χ0n) is 11.7. The Morgan fingerprint density at radius 2 is 1.83 bits per heavy atom. The minimum absolute atomic E-state index is 0.125. The molecule has 1 aromatic carbocycles. The molecule has 0 bridgehead atoms. The first-order valence-electron chi connectivity index (χ1n) is 6.59. The first-order chi connectivity index (χ1) is 8.54. The first kappa shape index (κ1) is 14.7. The maximum absolute atomic E-state index is 12.1. The number of hydrogen-bond acceptors (Lipinski definition) is 3. The van der Waals surface area contributed by atoms with Gasteiger partial charge >= 0.3 is 0 Å². The molecule has 1 N–H and O–H groups in total. The second-order valence-corrected chi connectivity index (χ2v) is 4.73. The van der Waals surface area contributed by atoms with Crippen molar-refractivity contribution in [1.29, 1.82) is 0 Å². The number of carbonyl (C=O) groups is 1. The second kappa shape index (κ2) is 7.17. The van der Waals surface area contributed by atoms with Crippen LogP contribution in [0.15, 0.2) is 24.3 Å². The van der Waals surface area contributed by atoms with E-state index < -0.39 is 0 Å². The minimum Gasteiger partial charge on any atom is -0.491 e. The van der Waals surface area contributed by atoms with Gasteiger partial charge in [-0.1, -0.05) is 6.92 Å². The molecule has 0 aliphatic heterocycles. The highest BCUT2D eigenvalue weighted by Crippen LogP contribution is 2.15. The number of Topliss-reactive ketones (excluding diaryl/α,β-unsaturated/α-hetero) is 1. The highest BCUT2D eigenvalue weighted by Gasteiger charge is 2.14. The van der Waals surface area contributed by atoms with Crippen LogP contribution in [-0.4, -0.2) is 24.5 Å². The third-order valence-electron chi connectivity index (χ3n) is 2.60. The van der Waals surface area contributed by atoms with Gasteiger partial charge in [0.05, 0.1) is 12.1 Å². The van der Waals surface area contributed by atoms with Crippen molar-refractivity contribution < 1.29 is 9.53 Å². The fourth-order valence-electron chi connectivity index (χ4n) is 1.67. The summed E-state index contributed by atoms with van der Waals surface area (Å²) >= 11 is 0. The Bertz CT molecular complexity index is 371. The molecule has 0 aliphatic rings. The molecule has 1 atom stereocenters. The lowest BCUT2D eigenvalue weighted by Gasteiger charge is -2.13. The number of rotatable bonds is 7. The molecular formula is C15H23NO2. The van der Waals surface area contributed by atoms with E-state index in [1.807, 2.05) is 45.0 Å². The number of ether oxygens (including phenoxy) is 1. The average molecular weight is 249 g/mol. The summed E-state index contributed by atoms with van der Waals surface area (Å²) in [5.41, 5.74) is 0.724. The monoisotopic (exact) mass is 249 g/mol. The Kier molecular flexibility index (Phi) is 5.86. The molecule has 0 heterocycles. The average Bonchev–Trinajstić information content (AvgIpc) is 2.35. The van der Waals surface area contributed by atoms with Gasteiger partial charge < -0.3 is 10.1 Å². The summed E-state index contributed by atoms with van der Waals surface area (Å²) in [5.74, 6) is 0.926. The number of carbonyl (C=O) groups excluding carboxylic acids is 1. The summed E-state index contributed by atoms with van der Waals surface area (Å²) in [7, 11) is 0. The Balaban J connectivity index is 2.63. The van der Waals surface area contributed by atoms with Gasteiger partial charge in [-0.15, -0.1) is 0 Å². The smallest absolute Gasteiger partial charge is 0.179 e. The molecular weight excluding hydrogens is 226 g/mol. The molecule has 0 aliphatic carbocycles. The Hall–Kier alpha value is -1.35. The molecule has 0 fully saturated rings.